The predicted molar refractivity (Wildman–Crippen MR) is 60.1 cm³/mol. The summed E-state index contributed by atoms with van der Waals surface area (Å²) >= 11 is 0. The molecule has 0 bridgehead atoms. The maximum absolute atomic E-state index is 9.63. The van der Waals surface area contributed by atoms with E-state index in [0.717, 1.165) is 22.2 Å². The van der Waals surface area contributed by atoms with Crippen LogP contribution in [0.25, 0.3) is 10.9 Å². The van der Waals surface area contributed by atoms with Crippen LogP contribution in [0.5, 0.6) is 5.75 Å². The van der Waals surface area contributed by atoms with Gasteiger partial charge in [-0.25, -0.2) is 0 Å². The average molecular weight is 205 g/mol. The molecule has 2 aromatic rings. The Morgan fingerprint density at radius 3 is 2.93 bits per heavy atom. The molecule has 0 amide bonds. The van der Waals surface area contributed by atoms with E-state index in [9.17, 15) is 5.11 Å². The van der Waals surface area contributed by atoms with Gasteiger partial charge in [-0.2, -0.15) is 0 Å². The van der Waals surface area contributed by atoms with Crippen LogP contribution < -0.4 is 4.74 Å². The first-order valence-electron chi connectivity index (χ1n) is 5.15. The Morgan fingerprint density at radius 2 is 2.27 bits per heavy atom. The van der Waals surface area contributed by atoms with Crippen LogP contribution in [0, 0.1) is 0 Å². The maximum atomic E-state index is 9.63. The van der Waals surface area contributed by atoms with Gasteiger partial charge in [-0.1, -0.05) is 6.07 Å². The van der Waals surface area contributed by atoms with Gasteiger partial charge < -0.3 is 14.8 Å². The molecule has 0 radical (unpaired) electrons. The SMILES string of the molecule is CCOc1cccc2[nH]cc([C@@H](C)O)c12. The predicted octanol–water partition coefficient (Wildman–Crippen LogP) is 2.62. The molecule has 80 valence electrons. The van der Waals surface area contributed by atoms with E-state index >= 15 is 0 Å². The summed E-state index contributed by atoms with van der Waals surface area (Å²) in [6.45, 7) is 4.34. The number of H-pyrrole nitrogens is 1. The van der Waals surface area contributed by atoms with Crippen molar-refractivity contribution in [1.82, 2.24) is 4.98 Å². The Balaban J connectivity index is 2.63. The molecule has 0 fully saturated rings. The Kier molecular flexibility index (Phi) is 2.64. The van der Waals surface area contributed by atoms with Gasteiger partial charge in [0.1, 0.15) is 5.75 Å². The summed E-state index contributed by atoms with van der Waals surface area (Å²) in [6.07, 6.45) is 1.35. The van der Waals surface area contributed by atoms with Gasteiger partial charge in [0.15, 0.2) is 0 Å². The van der Waals surface area contributed by atoms with Crippen LogP contribution >= 0.6 is 0 Å². The van der Waals surface area contributed by atoms with Crippen LogP contribution in [-0.2, 0) is 0 Å². The van der Waals surface area contributed by atoms with Gasteiger partial charge in [0.25, 0.3) is 0 Å². The van der Waals surface area contributed by atoms with Gasteiger partial charge in [-0.15, -0.1) is 0 Å². The zero-order chi connectivity index (χ0) is 10.8. The summed E-state index contributed by atoms with van der Waals surface area (Å²) < 4.78 is 5.54. The molecule has 0 aliphatic carbocycles. The smallest absolute Gasteiger partial charge is 0.129 e. The van der Waals surface area contributed by atoms with E-state index < -0.39 is 6.10 Å². The highest BCUT2D eigenvalue weighted by molar-refractivity contribution is 5.89. The molecule has 1 atom stereocenters. The summed E-state index contributed by atoms with van der Waals surface area (Å²) in [4.78, 5) is 3.13. The topological polar surface area (TPSA) is 45.2 Å². The summed E-state index contributed by atoms with van der Waals surface area (Å²) in [5.41, 5.74) is 1.88. The van der Waals surface area contributed by atoms with E-state index in [1.807, 2.05) is 31.3 Å². The van der Waals surface area contributed by atoms with Gasteiger partial charge in [0.05, 0.1) is 12.7 Å². The van der Waals surface area contributed by atoms with E-state index in [1.54, 1.807) is 6.92 Å². The lowest BCUT2D eigenvalue weighted by Gasteiger charge is -2.08. The minimum atomic E-state index is -0.486. The van der Waals surface area contributed by atoms with Gasteiger partial charge in [-0.3, -0.25) is 0 Å². The number of benzene rings is 1. The largest absolute Gasteiger partial charge is 0.493 e. The maximum Gasteiger partial charge on any atom is 0.129 e. The van der Waals surface area contributed by atoms with Crippen molar-refractivity contribution in [3.8, 4) is 5.75 Å². The lowest BCUT2D eigenvalue weighted by atomic mass is 10.1. The van der Waals surface area contributed by atoms with E-state index in [1.165, 1.54) is 0 Å². The number of fused-ring (bicyclic) bond motifs is 1. The van der Waals surface area contributed by atoms with Crippen molar-refractivity contribution in [2.45, 2.75) is 20.0 Å². The van der Waals surface area contributed by atoms with E-state index in [2.05, 4.69) is 4.98 Å². The van der Waals surface area contributed by atoms with E-state index in [4.69, 9.17) is 4.74 Å². The first-order valence-corrected chi connectivity index (χ1v) is 5.15. The summed E-state index contributed by atoms with van der Waals surface area (Å²) in [6, 6.07) is 5.84. The molecular formula is C12H15NO2. The van der Waals surface area contributed by atoms with Crippen LogP contribution in [0.3, 0.4) is 0 Å². The normalized spacial score (nSPS) is 13.0. The molecule has 3 heteroatoms. The number of ether oxygens (including phenoxy) is 1. The average Bonchev–Trinajstić information content (AvgIpc) is 2.62. The van der Waals surface area contributed by atoms with Gasteiger partial charge in [-0.05, 0) is 26.0 Å². The summed E-state index contributed by atoms with van der Waals surface area (Å²) in [7, 11) is 0. The third kappa shape index (κ3) is 1.70. The van der Waals surface area contributed by atoms with Crippen LogP contribution in [0.2, 0.25) is 0 Å². The van der Waals surface area contributed by atoms with Crippen molar-refractivity contribution in [2.75, 3.05) is 6.61 Å². The highest BCUT2D eigenvalue weighted by atomic mass is 16.5. The molecule has 1 heterocycles. The number of aromatic nitrogens is 1. The molecule has 1 aromatic carbocycles. The minimum absolute atomic E-state index is 0.486. The third-order valence-electron chi connectivity index (χ3n) is 2.45. The number of nitrogens with one attached hydrogen (secondary N) is 1. The first-order chi connectivity index (χ1) is 7.24. The Labute approximate surface area is 88.7 Å². The monoisotopic (exact) mass is 205 g/mol. The lowest BCUT2D eigenvalue weighted by Crippen LogP contribution is -1.94. The van der Waals surface area contributed by atoms with Crippen molar-refractivity contribution < 1.29 is 9.84 Å². The van der Waals surface area contributed by atoms with Crippen molar-refractivity contribution >= 4 is 10.9 Å². The molecule has 2 rings (SSSR count). The second-order valence-corrected chi connectivity index (χ2v) is 3.53. The summed E-state index contributed by atoms with van der Waals surface area (Å²) in [5.74, 6) is 0.826. The van der Waals surface area contributed by atoms with Crippen LogP contribution in [0.1, 0.15) is 25.5 Å². The molecule has 0 spiro atoms. The third-order valence-corrected chi connectivity index (χ3v) is 2.45. The highest BCUT2D eigenvalue weighted by Gasteiger charge is 2.12. The number of hydrogen-bond acceptors (Lipinski definition) is 2. The Bertz CT molecular complexity index is 460. The quantitative estimate of drug-likeness (QED) is 0.809. The minimum Gasteiger partial charge on any atom is -0.493 e. The van der Waals surface area contributed by atoms with Gasteiger partial charge in [0.2, 0.25) is 0 Å². The molecule has 3 nitrogen and oxygen atoms in total. The molecule has 0 aliphatic heterocycles. The zero-order valence-corrected chi connectivity index (χ0v) is 8.95. The number of rotatable bonds is 3. The Hall–Kier alpha value is -1.48. The molecule has 1 aromatic heterocycles. The van der Waals surface area contributed by atoms with Crippen molar-refractivity contribution in [3.05, 3.63) is 30.0 Å². The molecule has 0 aliphatic rings. The second-order valence-electron chi connectivity index (χ2n) is 3.53. The molecule has 0 saturated heterocycles. The van der Waals surface area contributed by atoms with Gasteiger partial charge in [0, 0.05) is 22.7 Å². The van der Waals surface area contributed by atoms with Crippen molar-refractivity contribution in [2.24, 2.45) is 0 Å². The van der Waals surface area contributed by atoms with Crippen LogP contribution in [0.15, 0.2) is 24.4 Å². The second kappa shape index (κ2) is 3.95. The number of aromatic amines is 1. The molecule has 0 saturated carbocycles. The Morgan fingerprint density at radius 1 is 1.47 bits per heavy atom. The standard InChI is InChI=1S/C12H15NO2/c1-3-15-11-6-4-5-10-12(11)9(7-13-10)8(2)14/h4-8,13-14H,3H2,1-2H3/t8-/m1/s1. The van der Waals surface area contributed by atoms with Gasteiger partial charge >= 0.3 is 0 Å². The molecular weight excluding hydrogens is 190 g/mol. The number of aliphatic hydroxyl groups excluding tert-OH is 1. The van der Waals surface area contributed by atoms with Crippen molar-refractivity contribution in [1.29, 1.82) is 0 Å². The molecule has 2 N–H and O–H groups in total. The lowest BCUT2D eigenvalue weighted by molar-refractivity contribution is 0.200. The zero-order valence-electron chi connectivity index (χ0n) is 8.95. The number of aliphatic hydroxyl groups is 1. The fourth-order valence-electron chi connectivity index (χ4n) is 1.78. The fourth-order valence-corrected chi connectivity index (χ4v) is 1.78. The van der Waals surface area contributed by atoms with E-state index in [0.29, 0.717) is 6.61 Å². The fraction of sp³-hybridized carbons (Fsp3) is 0.333. The van der Waals surface area contributed by atoms with E-state index in [-0.39, 0.29) is 0 Å². The first kappa shape index (κ1) is 10.1. The van der Waals surface area contributed by atoms with Crippen LogP contribution in [-0.4, -0.2) is 16.7 Å². The summed E-state index contributed by atoms with van der Waals surface area (Å²) in [5, 5.41) is 10.6. The highest BCUT2D eigenvalue weighted by Crippen LogP contribution is 2.31. The molecule has 15 heavy (non-hydrogen) atoms. The van der Waals surface area contributed by atoms with Crippen LogP contribution in [0.4, 0.5) is 0 Å². The molecule has 0 unspecified atom stereocenters. The number of hydrogen-bond donors (Lipinski definition) is 2. The van der Waals surface area contributed by atoms with Crippen molar-refractivity contribution in [3.63, 3.8) is 0 Å².